The Morgan fingerprint density at radius 1 is 1.09 bits per heavy atom. The zero-order valence-electron chi connectivity index (χ0n) is 17.5. The molecule has 2 aromatic heterocycles. The number of carbonyl (C=O) groups is 2. The van der Waals surface area contributed by atoms with Crippen LogP contribution in [-0.2, 0) is 10.9 Å². The first-order valence-corrected chi connectivity index (χ1v) is 10.1. The fraction of sp³-hybridized carbons (Fsp3) is 0.333. The molecule has 12 heteroatoms. The van der Waals surface area contributed by atoms with Crippen molar-refractivity contribution >= 4 is 23.3 Å². The number of hydrogen-bond donors (Lipinski definition) is 0. The second-order valence-corrected chi connectivity index (χ2v) is 7.31. The molecule has 0 atom stereocenters. The number of alkyl halides is 3. The number of amides is 1. The van der Waals surface area contributed by atoms with Crippen LogP contribution in [0.3, 0.4) is 0 Å². The Hall–Kier alpha value is -3.70. The van der Waals surface area contributed by atoms with Crippen molar-refractivity contribution in [1.82, 2.24) is 19.5 Å². The average Bonchev–Trinajstić information content (AvgIpc) is 3.21. The molecular weight excluding hydrogens is 446 g/mol. The van der Waals surface area contributed by atoms with Gasteiger partial charge in [-0.2, -0.15) is 13.2 Å². The molecule has 1 saturated heterocycles. The van der Waals surface area contributed by atoms with Crippen molar-refractivity contribution in [2.24, 2.45) is 0 Å². The van der Waals surface area contributed by atoms with E-state index in [0.29, 0.717) is 42.8 Å². The summed E-state index contributed by atoms with van der Waals surface area (Å²) in [5.74, 6) is -1.81. The molecule has 3 aromatic rings. The minimum atomic E-state index is -4.77. The van der Waals surface area contributed by atoms with Crippen molar-refractivity contribution < 1.29 is 31.9 Å². The van der Waals surface area contributed by atoms with Gasteiger partial charge in [0.2, 0.25) is 0 Å². The maximum absolute atomic E-state index is 13.6. The molecule has 8 nitrogen and oxygen atoms in total. The number of fused-ring (bicyclic) bond motifs is 1. The van der Waals surface area contributed by atoms with E-state index in [4.69, 9.17) is 4.74 Å². The lowest BCUT2D eigenvalue weighted by Crippen LogP contribution is -2.49. The molecule has 0 unspecified atom stereocenters. The molecule has 3 heterocycles. The van der Waals surface area contributed by atoms with E-state index in [1.807, 2.05) is 4.90 Å². The van der Waals surface area contributed by atoms with E-state index in [1.54, 1.807) is 19.1 Å². The first kappa shape index (κ1) is 22.5. The van der Waals surface area contributed by atoms with Gasteiger partial charge in [0, 0.05) is 26.2 Å². The van der Waals surface area contributed by atoms with Crippen LogP contribution in [0.5, 0.6) is 0 Å². The van der Waals surface area contributed by atoms with E-state index < -0.39 is 35.0 Å². The maximum Gasteiger partial charge on any atom is 0.417 e. The second kappa shape index (κ2) is 8.68. The Morgan fingerprint density at radius 2 is 1.82 bits per heavy atom. The number of rotatable bonds is 4. The SMILES string of the molecule is CCOC(=O)c1cn2nc(N3CCN(C(=O)c4cc(F)ccc4C(F)(F)F)CC3)ccc2n1. The van der Waals surface area contributed by atoms with Crippen LogP contribution in [0.2, 0.25) is 0 Å². The highest BCUT2D eigenvalue weighted by atomic mass is 19.4. The standard InChI is InChI=1S/C21H19F4N5O3/c1-2-33-20(32)16-12-30-17(26-16)5-6-18(27-30)28-7-9-29(10-8-28)19(31)14-11-13(22)3-4-15(14)21(23,24)25/h3-6,11-12H,2,7-10H2,1H3. The van der Waals surface area contributed by atoms with Gasteiger partial charge in [0.1, 0.15) is 11.6 Å². The van der Waals surface area contributed by atoms with Gasteiger partial charge in [-0.3, -0.25) is 4.79 Å². The van der Waals surface area contributed by atoms with Crippen LogP contribution in [0.15, 0.2) is 36.5 Å². The molecule has 0 N–H and O–H groups in total. The molecule has 1 aromatic carbocycles. The topological polar surface area (TPSA) is 80.0 Å². The van der Waals surface area contributed by atoms with Crippen LogP contribution in [0.4, 0.5) is 23.4 Å². The minimum Gasteiger partial charge on any atom is -0.461 e. The van der Waals surface area contributed by atoms with Crippen molar-refractivity contribution in [3.63, 3.8) is 0 Å². The van der Waals surface area contributed by atoms with Crippen LogP contribution in [0, 0.1) is 5.82 Å². The number of aromatic nitrogens is 3. The normalized spacial score (nSPS) is 14.6. The summed E-state index contributed by atoms with van der Waals surface area (Å²) in [5.41, 5.74) is -1.31. The van der Waals surface area contributed by atoms with Gasteiger partial charge in [0.15, 0.2) is 11.3 Å². The van der Waals surface area contributed by atoms with Crippen molar-refractivity contribution in [2.45, 2.75) is 13.1 Å². The molecule has 1 aliphatic rings. The lowest BCUT2D eigenvalue weighted by Gasteiger charge is -2.35. The number of halogens is 4. The third-order valence-corrected chi connectivity index (χ3v) is 5.20. The number of hydrogen-bond acceptors (Lipinski definition) is 6. The molecule has 33 heavy (non-hydrogen) atoms. The monoisotopic (exact) mass is 465 g/mol. The zero-order chi connectivity index (χ0) is 23.8. The van der Waals surface area contributed by atoms with Crippen molar-refractivity contribution in [2.75, 3.05) is 37.7 Å². The van der Waals surface area contributed by atoms with Gasteiger partial charge in [0.25, 0.3) is 5.91 Å². The molecule has 1 amide bonds. The maximum atomic E-state index is 13.6. The number of esters is 1. The summed E-state index contributed by atoms with van der Waals surface area (Å²) in [7, 11) is 0. The summed E-state index contributed by atoms with van der Waals surface area (Å²) in [5, 5.41) is 4.42. The summed E-state index contributed by atoms with van der Waals surface area (Å²) in [6.45, 7) is 2.77. The predicted octanol–water partition coefficient (Wildman–Crippen LogP) is 3.03. The molecule has 0 aliphatic carbocycles. The van der Waals surface area contributed by atoms with E-state index in [1.165, 1.54) is 15.6 Å². The number of piperazine rings is 1. The molecule has 1 fully saturated rings. The number of benzene rings is 1. The Balaban J connectivity index is 1.48. The van der Waals surface area contributed by atoms with Gasteiger partial charge in [-0.15, -0.1) is 5.10 Å². The van der Waals surface area contributed by atoms with E-state index in [0.717, 1.165) is 0 Å². The van der Waals surface area contributed by atoms with Crippen LogP contribution in [-0.4, -0.2) is 64.2 Å². The molecule has 0 radical (unpaired) electrons. The molecule has 1 aliphatic heterocycles. The Labute approximate surface area is 185 Å². The lowest BCUT2D eigenvalue weighted by molar-refractivity contribution is -0.138. The Kier molecular flexibility index (Phi) is 5.91. The molecule has 174 valence electrons. The summed E-state index contributed by atoms with van der Waals surface area (Å²) >= 11 is 0. The average molecular weight is 465 g/mol. The quantitative estimate of drug-likeness (QED) is 0.435. The van der Waals surface area contributed by atoms with Gasteiger partial charge in [-0.05, 0) is 37.3 Å². The predicted molar refractivity (Wildman–Crippen MR) is 108 cm³/mol. The highest BCUT2D eigenvalue weighted by Gasteiger charge is 2.37. The van der Waals surface area contributed by atoms with Crippen LogP contribution in [0.1, 0.15) is 33.3 Å². The third-order valence-electron chi connectivity index (χ3n) is 5.20. The Bertz CT molecular complexity index is 1200. The van der Waals surface area contributed by atoms with E-state index in [-0.39, 0.29) is 25.4 Å². The second-order valence-electron chi connectivity index (χ2n) is 7.31. The number of carbonyl (C=O) groups excluding carboxylic acids is 2. The van der Waals surface area contributed by atoms with Crippen molar-refractivity contribution in [3.05, 3.63) is 59.2 Å². The largest absolute Gasteiger partial charge is 0.461 e. The van der Waals surface area contributed by atoms with E-state index >= 15 is 0 Å². The number of nitrogens with zero attached hydrogens (tertiary/aromatic N) is 5. The van der Waals surface area contributed by atoms with E-state index in [2.05, 4.69) is 10.1 Å². The molecule has 0 spiro atoms. The minimum absolute atomic E-state index is 0.118. The van der Waals surface area contributed by atoms with Crippen molar-refractivity contribution in [3.8, 4) is 0 Å². The van der Waals surface area contributed by atoms with Crippen LogP contribution < -0.4 is 4.90 Å². The molecular formula is C21H19F4N5O3. The van der Waals surface area contributed by atoms with Gasteiger partial charge >= 0.3 is 12.1 Å². The van der Waals surface area contributed by atoms with Gasteiger partial charge in [-0.1, -0.05) is 0 Å². The van der Waals surface area contributed by atoms with Gasteiger partial charge in [-0.25, -0.2) is 18.7 Å². The first-order valence-electron chi connectivity index (χ1n) is 10.1. The summed E-state index contributed by atoms with van der Waals surface area (Å²) in [6.07, 6.45) is -3.33. The number of imidazole rings is 1. The number of ether oxygens (including phenoxy) is 1. The molecule has 4 rings (SSSR count). The highest BCUT2D eigenvalue weighted by molar-refractivity contribution is 5.96. The first-order chi connectivity index (χ1) is 15.7. The number of anilines is 1. The summed E-state index contributed by atoms with van der Waals surface area (Å²) < 4.78 is 59.7. The molecule has 0 saturated carbocycles. The van der Waals surface area contributed by atoms with Crippen molar-refractivity contribution in [1.29, 1.82) is 0 Å². The van der Waals surface area contributed by atoms with E-state index in [9.17, 15) is 27.2 Å². The summed E-state index contributed by atoms with van der Waals surface area (Å²) in [4.78, 5) is 31.8. The van der Waals surface area contributed by atoms with Crippen LogP contribution >= 0.6 is 0 Å². The van der Waals surface area contributed by atoms with Gasteiger partial charge in [0.05, 0.1) is 23.9 Å². The third kappa shape index (κ3) is 4.59. The fourth-order valence-corrected chi connectivity index (χ4v) is 3.59. The Morgan fingerprint density at radius 3 is 2.48 bits per heavy atom. The molecule has 0 bridgehead atoms. The van der Waals surface area contributed by atoms with Gasteiger partial charge < -0.3 is 14.5 Å². The zero-order valence-corrected chi connectivity index (χ0v) is 17.5. The van der Waals surface area contributed by atoms with Crippen LogP contribution in [0.25, 0.3) is 5.65 Å². The lowest BCUT2D eigenvalue weighted by atomic mass is 10.0. The highest BCUT2D eigenvalue weighted by Crippen LogP contribution is 2.33. The smallest absolute Gasteiger partial charge is 0.417 e. The fourth-order valence-electron chi connectivity index (χ4n) is 3.59. The summed E-state index contributed by atoms with van der Waals surface area (Å²) in [6, 6.07) is 5.25.